The fourth-order valence-electron chi connectivity index (χ4n) is 3.84. The molecule has 0 aromatic carbocycles. The lowest BCUT2D eigenvalue weighted by atomic mass is 9.88. The minimum absolute atomic E-state index is 0.0221. The molecule has 0 radical (unpaired) electrons. The Bertz CT molecular complexity index is 1040. The van der Waals surface area contributed by atoms with Crippen LogP contribution < -0.4 is 15.4 Å². The zero-order chi connectivity index (χ0) is 24.5. The first kappa shape index (κ1) is 23.8. The van der Waals surface area contributed by atoms with Crippen LogP contribution in [-0.2, 0) is 15.7 Å². The van der Waals surface area contributed by atoms with Crippen LogP contribution >= 0.6 is 0 Å². The number of morpholine rings is 1. The summed E-state index contributed by atoms with van der Waals surface area (Å²) in [6, 6.07) is 2.09. The number of hydrogen-bond acceptors (Lipinski definition) is 9. The molecule has 13 heteroatoms. The molecule has 2 N–H and O–H groups in total. The fraction of sp³-hybridized carbons (Fsp3) is 0.524. The van der Waals surface area contributed by atoms with Crippen LogP contribution in [0.15, 0.2) is 18.3 Å². The maximum atomic E-state index is 13.7. The van der Waals surface area contributed by atoms with Crippen LogP contribution in [0.2, 0.25) is 0 Å². The molecule has 1 saturated carbocycles. The number of nitrogen functional groups attached to an aromatic ring is 1. The number of carbonyl (C=O) groups is 1. The average molecular weight is 482 g/mol. The van der Waals surface area contributed by atoms with Gasteiger partial charge in [-0.05, 0) is 6.07 Å². The van der Waals surface area contributed by atoms with Crippen LogP contribution in [0.5, 0.6) is 5.88 Å². The van der Waals surface area contributed by atoms with E-state index in [1.54, 1.807) is 7.05 Å². The van der Waals surface area contributed by atoms with Crippen molar-refractivity contribution in [2.45, 2.75) is 31.2 Å². The molecule has 3 heterocycles. The Morgan fingerprint density at radius 2 is 1.94 bits per heavy atom. The van der Waals surface area contributed by atoms with Crippen LogP contribution in [0, 0.1) is 0 Å². The number of alkyl halides is 3. The van der Waals surface area contributed by atoms with Gasteiger partial charge in [0.15, 0.2) is 0 Å². The van der Waals surface area contributed by atoms with E-state index in [1.165, 1.54) is 18.1 Å². The third kappa shape index (κ3) is 5.08. The van der Waals surface area contributed by atoms with Gasteiger partial charge in [0.05, 0.1) is 31.6 Å². The highest BCUT2D eigenvalue weighted by atomic mass is 19.4. The van der Waals surface area contributed by atoms with Crippen molar-refractivity contribution in [1.82, 2.24) is 19.9 Å². The second kappa shape index (κ2) is 9.49. The highest BCUT2D eigenvalue weighted by Crippen LogP contribution is 2.38. The lowest BCUT2D eigenvalue weighted by Crippen LogP contribution is -2.49. The SMILES string of the molecule is COC(=O)N(C)C1CC(Oc2cc(-c3cnc(N)cc3C(F)(F)F)nc(N3CCOCC3)n2)C1. The van der Waals surface area contributed by atoms with Gasteiger partial charge in [-0.3, -0.25) is 0 Å². The molecule has 2 aromatic heterocycles. The summed E-state index contributed by atoms with van der Waals surface area (Å²) in [5.41, 5.74) is 4.37. The van der Waals surface area contributed by atoms with E-state index in [1.807, 2.05) is 4.90 Å². The van der Waals surface area contributed by atoms with Crippen LogP contribution in [0.4, 0.5) is 29.7 Å². The summed E-state index contributed by atoms with van der Waals surface area (Å²) in [5.74, 6) is 0.133. The summed E-state index contributed by atoms with van der Waals surface area (Å²) in [6.45, 7) is 1.88. The summed E-state index contributed by atoms with van der Waals surface area (Å²) < 4.78 is 57.2. The minimum atomic E-state index is -4.66. The Morgan fingerprint density at radius 3 is 2.59 bits per heavy atom. The van der Waals surface area contributed by atoms with Crippen molar-refractivity contribution in [3.63, 3.8) is 0 Å². The molecule has 1 aliphatic heterocycles. The Morgan fingerprint density at radius 1 is 1.24 bits per heavy atom. The maximum Gasteiger partial charge on any atom is 0.417 e. The molecule has 4 rings (SSSR count). The molecule has 1 amide bonds. The molecule has 0 atom stereocenters. The van der Waals surface area contributed by atoms with E-state index >= 15 is 0 Å². The largest absolute Gasteiger partial charge is 0.474 e. The number of halogens is 3. The third-order valence-electron chi connectivity index (χ3n) is 5.86. The van der Waals surface area contributed by atoms with Crippen LogP contribution in [-0.4, -0.2) is 78.6 Å². The lowest BCUT2D eigenvalue weighted by Gasteiger charge is -2.39. The van der Waals surface area contributed by atoms with E-state index in [-0.39, 0.29) is 41.0 Å². The number of rotatable bonds is 5. The summed E-state index contributed by atoms with van der Waals surface area (Å²) in [4.78, 5) is 27.7. The first-order valence-corrected chi connectivity index (χ1v) is 10.7. The normalized spacial score (nSPS) is 20.4. The van der Waals surface area contributed by atoms with E-state index < -0.39 is 17.8 Å². The van der Waals surface area contributed by atoms with Crippen molar-refractivity contribution in [2.24, 2.45) is 0 Å². The highest BCUT2D eigenvalue weighted by Gasteiger charge is 2.38. The molecular weight excluding hydrogens is 457 g/mol. The van der Waals surface area contributed by atoms with Gasteiger partial charge in [-0.2, -0.15) is 18.2 Å². The van der Waals surface area contributed by atoms with Gasteiger partial charge in [-0.15, -0.1) is 0 Å². The van der Waals surface area contributed by atoms with Crippen LogP contribution in [0.1, 0.15) is 18.4 Å². The highest BCUT2D eigenvalue weighted by molar-refractivity contribution is 5.68. The number of aromatic nitrogens is 3. The number of ether oxygens (including phenoxy) is 3. The van der Waals surface area contributed by atoms with Crippen molar-refractivity contribution in [2.75, 3.05) is 51.1 Å². The molecule has 1 saturated heterocycles. The number of amides is 1. The molecular formula is C21H25F3N6O4. The molecule has 10 nitrogen and oxygen atoms in total. The Kier molecular flexibility index (Phi) is 6.64. The Labute approximate surface area is 193 Å². The van der Waals surface area contributed by atoms with E-state index in [4.69, 9.17) is 19.9 Å². The Hall–Kier alpha value is -3.35. The minimum Gasteiger partial charge on any atom is -0.474 e. The van der Waals surface area contributed by atoms with Crippen LogP contribution in [0.25, 0.3) is 11.3 Å². The van der Waals surface area contributed by atoms with Gasteiger partial charge in [0.1, 0.15) is 11.9 Å². The van der Waals surface area contributed by atoms with Gasteiger partial charge in [0.25, 0.3) is 0 Å². The van der Waals surface area contributed by atoms with E-state index in [2.05, 4.69) is 15.0 Å². The van der Waals surface area contributed by atoms with Gasteiger partial charge < -0.3 is 29.7 Å². The van der Waals surface area contributed by atoms with E-state index in [9.17, 15) is 18.0 Å². The molecule has 0 spiro atoms. The standard InChI is InChI=1S/C21H25F3N6O4/c1-29(20(31)32-2)12-7-13(8-12)34-18-10-16(27-19(28-18)30-3-5-33-6-4-30)14-11-26-17(25)9-15(14)21(22,23)24/h9-13H,3-8H2,1-2H3,(H2,25,26). The second-order valence-corrected chi connectivity index (χ2v) is 8.09. The summed E-state index contributed by atoms with van der Waals surface area (Å²) in [5, 5.41) is 0. The molecule has 184 valence electrons. The summed E-state index contributed by atoms with van der Waals surface area (Å²) in [7, 11) is 2.95. The number of carbonyl (C=O) groups excluding carboxylic acids is 1. The van der Waals surface area contributed by atoms with Crippen LogP contribution in [0.3, 0.4) is 0 Å². The van der Waals surface area contributed by atoms with Crippen molar-refractivity contribution in [3.8, 4) is 17.1 Å². The molecule has 0 unspecified atom stereocenters. The first-order valence-electron chi connectivity index (χ1n) is 10.7. The quantitative estimate of drug-likeness (QED) is 0.686. The first-order chi connectivity index (χ1) is 16.2. The smallest absolute Gasteiger partial charge is 0.417 e. The van der Waals surface area contributed by atoms with Gasteiger partial charge in [-0.1, -0.05) is 0 Å². The monoisotopic (exact) mass is 482 g/mol. The van der Waals surface area contributed by atoms with E-state index in [0.29, 0.717) is 39.1 Å². The summed E-state index contributed by atoms with van der Waals surface area (Å²) >= 11 is 0. The molecule has 2 fully saturated rings. The maximum absolute atomic E-state index is 13.7. The zero-order valence-corrected chi connectivity index (χ0v) is 18.7. The number of anilines is 2. The number of nitrogens with zero attached hydrogens (tertiary/aromatic N) is 5. The van der Waals surface area contributed by atoms with E-state index in [0.717, 1.165) is 12.3 Å². The lowest BCUT2D eigenvalue weighted by molar-refractivity contribution is -0.137. The van der Waals surface area contributed by atoms with Gasteiger partial charge in [-0.25, -0.2) is 14.8 Å². The molecule has 2 aliphatic rings. The van der Waals surface area contributed by atoms with Crippen molar-refractivity contribution in [1.29, 1.82) is 0 Å². The predicted octanol–water partition coefficient (Wildman–Crippen LogP) is 2.58. The molecule has 1 aliphatic carbocycles. The topological polar surface area (TPSA) is 116 Å². The number of nitrogens with two attached hydrogens (primary N) is 1. The number of hydrogen-bond donors (Lipinski definition) is 1. The van der Waals surface area contributed by atoms with Gasteiger partial charge in [0.2, 0.25) is 11.8 Å². The average Bonchev–Trinajstić information content (AvgIpc) is 2.80. The van der Waals surface area contributed by atoms with Crippen molar-refractivity contribution in [3.05, 3.63) is 23.9 Å². The molecule has 0 bridgehead atoms. The second-order valence-electron chi connectivity index (χ2n) is 8.09. The Balaban J connectivity index is 1.63. The van der Waals surface area contributed by atoms with Gasteiger partial charge in [0, 0.05) is 56.8 Å². The van der Waals surface area contributed by atoms with Crippen molar-refractivity contribution < 1.29 is 32.2 Å². The number of pyridine rings is 1. The predicted molar refractivity (Wildman–Crippen MR) is 115 cm³/mol. The third-order valence-corrected chi connectivity index (χ3v) is 5.86. The van der Waals surface area contributed by atoms with Gasteiger partial charge >= 0.3 is 12.3 Å². The van der Waals surface area contributed by atoms with Crippen molar-refractivity contribution >= 4 is 17.9 Å². The summed E-state index contributed by atoms with van der Waals surface area (Å²) in [6.07, 6.45) is -3.23. The molecule has 34 heavy (non-hydrogen) atoms. The number of methoxy groups -OCH3 is 1. The zero-order valence-electron chi connectivity index (χ0n) is 18.7. The molecule has 2 aromatic rings. The fourth-order valence-corrected chi connectivity index (χ4v) is 3.84.